The van der Waals surface area contributed by atoms with Gasteiger partial charge in [-0.25, -0.2) is 0 Å². The zero-order valence-electron chi connectivity index (χ0n) is 13.1. The number of aryl methyl sites for hydroxylation is 3. The number of amides is 1. The van der Waals surface area contributed by atoms with Gasteiger partial charge in [-0.05, 0) is 62.1 Å². The van der Waals surface area contributed by atoms with Crippen molar-refractivity contribution in [1.29, 1.82) is 0 Å². The molecule has 0 heterocycles. The van der Waals surface area contributed by atoms with Gasteiger partial charge in [0.25, 0.3) is 11.6 Å². The van der Waals surface area contributed by atoms with Crippen LogP contribution in [-0.2, 0) is 0 Å². The molecule has 0 saturated carbocycles. The van der Waals surface area contributed by atoms with Gasteiger partial charge in [0.15, 0.2) is 0 Å². The maximum atomic E-state index is 12.4. The highest BCUT2D eigenvalue weighted by atomic mass is 16.6. The van der Waals surface area contributed by atoms with Crippen molar-refractivity contribution in [2.24, 2.45) is 0 Å². The van der Waals surface area contributed by atoms with E-state index >= 15 is 0 Å². The first-order chi connectivity index (χ1) is 10.3. The summed E-state index contributed by atoms with van der Waals surface area (Å²) in [5, 5.41) is 13.8. The molecule has 2 rings (SSSR count). The minimum atomic E-state index is -0.484. The van der Waals surface area contributed by atoms with Crippen LogP contribution in [0.4, 0.5) is 11.4 Å². The van der Waals surface area contributed by atoms with E-state index in [-0.39, 0.29) is 17.3 Å². The number of carbonyl (C=O) groups is 1. The summed E-state index contributed by atoms with van der Waals surface area (Å²) in [7, 11) is 0. The Balaban J connectivity index is 2.41. The number of anilines is 1. The van der Waals surface area contributed by atoms with Gasteiger partial charge < -0.3 is 5.32 Å². The first-order valence-corrected chi connectivity index (χ1v) is 6.94. The van der Waals surface area contributed by atoms with E-state index in [4.69, 9.17) is 0 Å². The second-order valence-electron chi connectivity index (χ2n) is 5.41. The molecule has 2 aromatic carbocycles. The Hall–Kier alpha value is -2.69. The van der Waals surface area contributed by atoms with Gasteiger partial charge in [0.2, 0.25) is 0 Å². The zero-order chi connectivity index (χ0) is 16.4. The third-order valence-electron chi connectivity index (χ3n) is 3.92. The molecule has 2 aromatic rings. The van der Waals surface area contributed by atoms with Crippen LogP contribution in [0, 0.1) is 37.8 Å². The van der Waals surface area contributed by atoms with Crippen molar-refractivity contribution in [2.75, 3.05) is 5.32 Å². The van der Waals surface area contributed by atoms with Crippen LogP contribution >= 0.6 is 0 Å². The Morgan fingerprint density at radius 2 is 1.64 bits per heavy atom. The number of nitro benzene ring substituents is 1. The van der Waals surface area contributed by atoms with Crippen LogP contribution in [0.5, 0.6) is 0 Å². The van der Waals surface area contributed by atoms with Crippen molar-refractivity contribution in [2.45, 2.75) is 27.7 Å². The van der Waals surface area contributed by atoms with E-state index in [0.717, 1.165) is 16.7 Å². The van der Waals surface area contributed by atoms with Crippen molar-refractivity contribution in [3.63, 3.8) is 0 Å². The van der Waals surface area contributed by atoms with Crippen LogP contribution in [-0.4, -0.2) is 10.8 Å². The van der Waals surface area contributed by atoms with Gasteiger partial charge in [-0.2, -0.15) is 0 Å². The molecule has 5 nitrogen and oxygen atoms in total. The summed E-state index contributed by atoms with van der Waals surface area (Å²) in [4.78, 5) is 23.1. The second kappa shape index (κ2) is 5.97. The SMILES string of the molecule is Cc1ccc(C(=O)Nc2c([N+](=O)[O-])ccc(C)c2C)cc1C. The van der Waals surface area contributed by atoms with Crippen LogP contribution in [0.1, 0.15) is 32.6 Å². The Morgan fingerprint density at radius 3 is 2.23 bits per heavy atom. The summed E-state index contributed by atoms with van der Waals surface area (Å²) in [6.45, 7) is 7.50. The van der Waals surface area contributed by atoms with E-state index in [2.05, 4.69) is 5.32 Å². The molecule has 0 atom stereocenters. The van der Waals surface area contributed by atoms with E-state index in [0.29, 0.717) is 11.1 Å². The molecule has 1 N–H and O–H groups in total. The maximum absolute atomic E-state index is 12.4. The van der Waals surface area contributed by atoms with Crippen molar-refractivity contribution in [3.8, 4) is 0 Å². The number of hydrogen-bond donors (Lipinski definition) is 1. The van der Waals surface area contributed by atoms with E-state index in [9.17, 15) is 14.9 Å². The van der Waals surface area contributed by atoms with Crippen molar-refractivity contribution >= 4 is 17.3 Å². The highest BCUT2D eigenvalue weighted by Crippen LogP contribution is 2.30. The van der Waals surface area contributed by atoms with Gasteiger partial charge in [-0.15, -0.1) is 0 Å². The summed E-state index contributed by atoms with van der Waals surface area (Å²) < 4.78 is 0. The molecule has 5 heteroatoms. The Bertz CT molecular complexity index is 767. The highest BCUT2D eigenvalue weighted by molar-refractivity contribution is 6.06. The summed E-state index contributed by atoms with van der Waals surface area (Å²) in [5.74, 6) is -0.347. The number of rotatable bonds is 3. The molecule has 0 aliphatic carbocycles. The van der Waals surface area contributed by atoms with Gasteiger partial charge in [0.1, 0.15) is 5.69 Å². The number of nitrogens with zero attached hydrogens (tertiary/aromatic N) is 1. The summed E-state index contributed by atoms with van der Waals surface area (Å²) >= 11 is 0. The molecule has 22 heavy (non-hydrogen) atoms. The molecule has 0 spiro atoms. The number of nitrogens with one attached hydrogen (secondary N) is 1. The van der Waals surface area contributed by atoms with Gasteiger partial charge >= 0.3 is 0 Å². The number of benzene rings is 2. The number of carbonyl (C=O) groups excluding carboxylic acids is 1. The second-order valence-corrected chi connectivity index (χ2v) is 5.41. The summed E-state index contributed by atoms with van der Waals surface area (Å²) in [5.41, 5.74) is 4.33. The highest BCUT2D eigenvalue weighted by Gasteiger charge is 2.20. The predicted octanol–water partition coefficient (Wildman–Crippen LogP) is 4.08. The summed E-state index contributed by atoms with van der Waals surface area (Å²) in [6, 6.07) is 8.45. The Morgan fingerprint density at radius 1 is 1.00 bits per heavy atom. The van der Waals surface area contributed by atoms with Crippen LogP contribution in [0.3, 0.4) is 0 Å². The number of hydrogen-bond acceptors (Lipinski definition) is 3. The molecule has 0 aromatic heterocycles. The molecule has 1 amide bonds. The molecular formula is C17H18N2O3. The molecule has 0 saturated heterocycles. The first-order valence-electron chi connectivity index (χ1n) is 6.94. The predicted molar refractivity (Wildman–Crippen MR) is 86.4 cm³/mol. The first kappa shape index (κ1) is 15.7. The molecular weight excluding hydrogens is 280 g/mol. The average Bonchev–Trinajstić information content (AvgIpc) is 2.46. The zero-order valence-corrected chi connectivity index (χ0v) is 13.1. The molecule has 114 valence electrons. The largest absolute Gasteiger partial charge is 0.316 e. The molecule has 0 unspecified atom stereocenters. The fourth-order valence-electron chi connectivity index (χ4n) is 2.18. The molecule has 0 aliphatic rings. The van der Waals surface area contributed by atoms with Crippen molar-refractivity contribution in [3.05, 3.63) is 68.3 Å². The smallest absolute Gasteiger partial charge is 0.293 e. The quantitative estimate of drug-likeness (QED) is 0.685. The van der Waals surface area contributed by atoms with E-state index in [1.54, 1.807) is 25.1 Å². The molecule has 0 radical (unpaired) electrons. The van der Waals surface area contributed by atoms with Crippen molar-refractivity contribution in [1.82, 2.24) is 0 Å². The topological polar surface area (TPSA) is 72.2 Å². The monoisotopic (exact) mass is 298 g/mol. The maximum Gasteiger partial charge on any atom is 0.293 e. The van der Waals surface area contributed by atoms with Gasteiger partial charge in [0, 0.05) is 11.6 Å². The Kier molecular flexibility index (Phi) is 4.26. The molecule has 0 aliphatic heterocycles. The standard InChI is InChI=1S/C17H18N2O3/c1-10-5-7-14(9-12(10)3)17(20)18-16-13(4)11(2)6-8-15(16)19(21)22/h5-9H,1-4H3,(H,18,20). The van der Waals surface area contributed by atoms with Gasteiger partial charge in [0.05, 0.1) is 4.92 Å². The van der Waals surface area contributed by atoms with Crippen LogP contribution in [0.25, 0.3) is 0 Å². The van der Waals surface area contributed by atoms with Crippen LogP contribution < -0.4 is 5.32 Å². The lowest BCUT2D eigenvalue weighted by Crippen LogP contribution is -2.15. The van der Waals surface area contributed by atoms with E-state index < -0.39 is 4.92 Å². The third-order valence-corrected chi connectivity index (χ3v) is 3.92. The van der Waals surface area contributed by atoms with Gasteiger partial charge in [-0.3, -0.25) is 14.9 Å². The van der Waals surface area contributed by atoms with E-state index in [1.165, 1.54) is 6.07 Å². The minimum Gasteiger partial charge on any atom is -0.316 e. The van der Waals surface area contributed by atoms with Crippen LogP contribution in [0.2, 0.25) is 0 Å². The lowest BCUT2D eigenvalue weighted by molar-refractivity contribution is -0.384. The minimum absolute atomic E-state index is 0.0970. The van der Waals surface area contributed by atoms with Crippen molar-refractivity contribution < 1.29 is 9.72 Å². The van der Waals surface area contributed by atoms with Crippen LogP contribution in [0.15, 0.2) is 30.3 Å². The molecule has 0 bridgehead atoms. The fourth-order valence-corrected chi connectivity index (χ4v) is 2.18. The number of nitro groups is 1. The third kappa shape index (κ3) is 2.98. The molecule has 0 fully saturated rings. The normalized spacial score (nSPS) is 10.4. The summed E-state index contributed by atoms with van der Waals surface area (Å²) in [6.07, 6.45) is 0. The fraction of sp³-hybridized carbons (Fsp3) is 0.235. The Labute approximate surface area is 129 Å². The lowest BCUT2D eigenvalue weighted by Gasteiger charge is -2.12. The lowest BCUT2D eigenvalue weighted by atomic mass is 10.0. The van der Waals surface area contributed by atoms with Gasteiger partial charge in [-0.1, -0.05) is 12.1 Å². The average molecular weight is 298 g/mol. The van der Waals surface area contributed by atoms with E-state index in [1.807, 2.05) is 26.8 Å².